The molecule has 5 nitrogen and oxygen atoms in total. The zero-order valence-corrected chi connectivity index (χ0v) is 23.5. The van der Waals surface area contributed by atoms with E-state index in [1.807, 2.05) is 49.4 Å². The molecule has 0 unspecified atom stereocenters. The maximum atomic E-state index is 15.3. The van der Waals surface area contributed by atoms with Gasteiger partial charge in [-0.3, -0.25) is 4.79 Å². The van der Waals surface area contributed by atoms with Gasteiger partial charge >= 0.3 is 5.97 Å². The zero-order valence-electron chi connectivity index (χ0n) is 23.5. The summed E-state index contributed by atoms with van der Waals surface area (Å²) in [6.07, 6.45) is 3.92. The lowest BCUT2D eigenvalue weighted by atomic mass is 9.90. The van der Waals surface area contributed by atoms with Crippen molar-refractivity contribution >= 4 is 5.97 Å². The predicted octanol–water partition coefficient (Wildman–Crippen LogP) is 6.99. The number of hydrogen-bond acceptors (Lipinski definition) is 5. The Morgan fingerprint density at radius 3 is 2.42 bits per heavy atom. The lowest BCUT2D eigenvalue weighted by Crippen LogP contribution is -2.17. The van der Waals surface area contributed by atoms with E-state index in [2.05, 4.69) is 13.8 Å². The Kier molecular flexibility index (Phi) is 7.07. The van der Waals surface area contributed by atoms with E-state index in [1.165, 1.54) is 0 Å². The van der Waals surface area contributed by atoms with Crippen LogP contribution in [0, 0.1) is 31.0 Å². The number of benzene rings is 3. The Hall–Kier alpha value is -3.38. The second-order valence-electron chi connectivity index (χ2n) is 11.8. The van der Waals surface area contributed by atoms with Crippen LogP contribution in [0.2, 0.25) is 0 Å². The molecule has 6 rings (SSSR count). The van der Waals surface area contributed by atoms with E-state index in [4.69, 9.17) is 14.2 Å². The normalized spacial score (nSPS) is 22.0. The first kappa shape index (κ1) is 26.8. The van der Waals surface area contributed by atoms with E-state index in [1.54, 1.807) is 6.07 Å². The number of carbonyl (C=O) groups excluding carboxylic acids is 1. The first-order valence-electron chi connectivity index (χ1n) is 14.4. The standard InChI is InChI=1S/C34H37FO5/c1-4-38-33(37)28-17-27(28)22-5-7-23(8-6-22)40-30-12-10-26-25(9-11-29(35)32(26)30)31-20(2)15-24(16-21(31)3)39-19-34(18-36)13-14-34/h5-9,11,15-16,27-28,30,36H,4,10,12-14,17-19H2,1-3H3/t27-,28+,30-/m1/s1. The van der Waals surface area contributed by atoms with Crippen LogP contribution < -0.4 is 9.47 Å². The van der Waals surface area contributed by atoms with Gasteiger partial charge in [0, 0.05) is 11.0 Å². The number of aliphatic hydroxyl groups excluding tert-OH is 1. The molecule has 0 aromatic heterocycles. The second kappa shape index (κ2) is 10.5. The molecule has 3 atom stereocenters. The minimum Gasteiger partial charge on any atom is -0.493 e. The Bertz CT molecular complexity index is 1400. The van der Waals surface area contributed by atoms with Gasteiger partial charge < -0.3 is 19.3 Å². The molecule has 3 aliphatic rings. The highest BCUT2D eigenvalue weighted by Gasteiger charge is 2.45. The molecule has 40 heavy (non-hydrogen) atoms. The summed E-state index contributed by atoms with van der Waals surface area (Å²) in [5.41, 5.74) is 7.00. The molecule has 0 heterocycles. The molecule has 2 fully saturated rings. The van der Waals surface area contributed by atoms with Crippen molar-refractivity contribution in [2.24, 2.45) is 11.3 Å². The second-order valence-corrected chi connectivity index (χ2v) is 11.8. The van der Waals surface area contributed by atoms with Crippen LogP contribution in [0.25, 0.3) is 11.1 Å². The molecule has 0 spiro atoms. The van der Waals surface area contributed by atoms with Gasteiger partial charge in [0.25, 0.3) is 0 Å². The highest BCUT2D eigenvalue weighted by atomic mass is 19.1. The van der Waals surface area contributed by atoms with E-state index in [-0.39, 0.29) is 41.7 Å². The molecule has 210 valence electrons. The number of halogens is 1. The van der Waals surface area contributed by atoms with Crippen LogP contribution in [0.3, 0.4) is 0 Å². The number of aryl methyl sites for hydroxylation is 2. The van der Waals surface area contributed by atoms with Crippen LogP contribution in [0.4, 0.5) is 4.39 Å². The predicted molar refractivity (Wildman–Crippen MR) is 151 cm³/mol. The zero-order chi connectivity index (χ0) is 28.0. The van der Waals surface area contributed by atoms with Gasteiger partial charge in [-0.2, -0.15) is 0 Å². The van der Waals surface area contributed by atoms with Crippen molar-refractivity contribution in [2.75, 3.05) is 19.8 Å². The topological polar surface area (TPSA) is 65.0 Å². The van der Waals surface area contributed by atoms with Crippen molar-refractivity contribution in [3.05, 3.63) is 82.2 Å². The summed E-state index contributed by atoms with van der Waals surface area (Å²) in [5, 5.41) is 9.61. The quantitative estimate of drug-likeness (QED) is 0.279. The van der Waals surface area contributed by atoms with E-state index in [9.17, 15) is 9.90 Å². The fraction of sp³-hybridized carbons (Fsp3) is 0.441. The lowest BCUT2D eigenvalue weighted by Gasteiger charge is -2.20. The average molecular weight is 545 g/mol. The molecule has 0 saturated heterocycles. The number of aliphatic hydroxyl groups is 1. The third-order valence-electron chi connectivity index (χ3n) is 8.86. The lowest BCUT2D eigenvalue weighted by molar-refractivity contribution is -0.144. The summed E-state index contributed by atoms with van der Waals surface area (Å²) in [6.45, 7) is 7.06. The molecular formula is C34H37FO5. The Labute approximate surface area is 235 Å². The van der Waals surface area contributed by atoms with Crippen molar-refractivity contribution in [3.8, 4) is 22.6 Å². The third-order valence-corrected chi connectivity index (χ3v) is 8.86. The molecular weight excluding hydrogens is 507 g/mol. The SMILES string of the molecule is CCOC(=O)[C@H]1C[C@@H]1c1ccc(O[C@@H]2CCc3c(-c4c(C)cc(OCC5(CO)CC5)cc4C)ccc(F)c32)cc1. The van der Waals surface area contributed by atoms with Crippen molar-refractivity contribution in [2.45, 2.75) is 64.9 Å². The van der Waals surface area contributed by atoms with E-state index >= 15 is 4.39 Å². The number of rotatable bonds is 10. The minimum atomic E-state index is -0.356. The molecule has 0 amide bonds. The highest BCUT2D eigenvalue weighted by Crippen LogP contribution is 2.49. The summed E-state index contributed by atoms with van der Waals surface area (Å²) in [6, 6.07) is 15.4. The van der Waals surface area contributed by atoms with Gasteiger partial charge in [0.05, 0.1) is 25.7 Å². The number of hydrogen-bond donors (Lipinski definition) is 1. The molecule has 6 heteroatoms. The molecule has 3 aliphatic carbocycles. The van der Waals surface area contributed by atoms with Crippen LogP contribution in [0.15, 0.2) is 48.5 Å². The van der Waals surface area contributed by atoms with Gasteiger partial charge in [-0.25, -0.2) is 4.39 Å². The molecule has 2 saturated carbocycles. The third kappa shape index (κ3) is 5.10. The van der Waals surface area contributed by atoms with Crippen LogP contribution in [-0.4, -0.2) is 30.9 Å². The van der Waals surface area contributed by atoms with E-state index in [0.29, 0.717) is 30.9 Å². The average Bonchev–Trinajstić information content (AvgIpc) is 3.86. The van der Waals surface area contributed by atoms with Gasteiger partial charge in [0.1, 0.15) is 23.4 Å². The fourth-order valence-electron chi connectivity index (χ4n) is 6.25. The van der Waals surface area contributed by atoms with Gasteiger partial charge in [-0.05, 0) is 123 Å². The van der Waals surface area contributed by atoms with Gasteiger partial charge in [0.2, 0.25) is 0 Å². The Morgan fingerprint density at radius 1 is 1.05 bits per heavy atom. The first-order valence-corrected chi connectivity index (χ1v) is 14.4. The summed E-state index contributed by atoms with van der Waals surface area (Å²) < 4.78 is 32.8. The molecule has 0 radical (unpaired) electrons. The maximum absolute atomic E-state index is 15.3. The summed E-state index contributed by atoms with van der Waals surface area (Å²) in [5.74, 6) is 1.30. The van der Waals surface area contributed by atoms with Crippen molar-refractivity contribution < 1.29 is 28.5 Å². The minimum absolute atomic E-state index is 0.0520. The smallest absolute Gasteiger partial charge is 0.309 e. The van der Waals surface area contributed by atoms with E-state index < -0.39 is 0 Å². The van der Waals surface area contributed by atoms with Crippen LogP contribution >= 0.6 is 0 Å². The Balaban J connectivity index is 1.19. The first-order chi connectivity index (χ1) is 19.3. The molecule has 3 aromatic rings. The monoisotopic (exact) mass is 544 g/mol. The van der Waals surface area contributed by atoms with Crippen LogP contribution in [-0.2, 0) is 16.0 Å². The summed E-state index contributed by atoms with van der Waals surface area (Å²) in [4.78, 5) is 12.0. The van der Waals surface area contributed by atoms with Gasteiger partial charge in [0.15, 0.2) is 0 Å². The molecule has 0 aliphatic heterocycles. The Morgan fingerprint density at radius 2 is 1.77 bits per heavy atom. The van der Waals surface area contributed by atoms with Crippen molar-refractivity contribution in [1.82, 2.24) is 0 Å². The summed E-state index contributed by atoms with van der Waals surface area (Å²) in [7, 11) is 0. The largest absolute Gasteiger partial charge is 0.493 e. The summed E-state index contributed by atoms with van der Waals surface area (Å²) >= 11 is 0. The number of fused-ring (bicyclic) bond motifs is 1. The number of esters is 1. The van der Waals surface area contributed by atoms with Crippen LogP contribution in [0.1, 0.15) is 72.4 Å². The number of carbonyl (C=O) groups is 1. The fourth-order valence-corrected chi connectivity index (χ4v) is 6.25. The van der Waals surface area contributed by atoms with Gasteiger partial charge in [-0.15, -0.1) is 0 Å². The molecule has 3 aromatic carbocycles. The maximum Gasteiger partial charge on any atom is 0.309 e. The van der Waals surface area contributed by atoms with Gasteiger partial charge in [-0.1, -0.05) is 18.2 Å². The highest BCUT2D eigenvalue weighted by molar-refractivity contribution is 5.78. The van der Waals surface area contributed by atoms with Crippen LogP contribution in [0.5, 0.6) is 11.5 Å². The van der Waals surface area contributed by atoms with E-state index in [0.717, 1.165) is 64.8 Å². The van der Waals surface area contributed by atoms with Crippen molar-refractivity contribution in [3.63, 3.8) is 0 Å². The molecule has 0 bridgehead atoms. The van der Waals surface area contributed by atoms with Crippen molar-refractivity contribution in [1.29, 1.82) is 0 Å². The number of ether oxygens (including phenoxy) is 3. The molecule has 1 N–H and O–H groups in total.